The van der Waals surface area contributed by atoms with Gasteiger partial charge in [-0.3, -0.25) is 4.79 Å². The summed E-state index contributed by atoms with van der Waals surface area (Å²) in [4.78, 5) is 24.4. The van der Waals surface area contributed by atoms with Crippen molar-refractivity contribution >= 4 is 23.6 Å². The number of carbonyl (C=O) groups is 2. The summed E-state index contributed by atoms with van der Waals surface area (Å²) >= 11 is 5.79. The van der Waals surface area contributed by atoms with Crippen molar-refractivity contribution in [3.05, 3.63) is 34.9 Å². The Hall–Kier alpha value is -1.75. The van der Waals surface area contributed by atoms with Crippen LogP contribution in [0.3, 0.4) is 0 Å². The van der Waals surface area contributed by atoms with Crippen LogP contribution >= 0.6 is 11.6 Å². The highest BCUT2D eigenvalue weighted by Crippen LogP contribution is 2.30. The molecular weight excluding hydrogens is 292 g/mol. The Balaban J connectivity index is 1.86. The minimum Gasteiger partial charge on any atom is -0.465 e. The topological polar surface area (TPSA) is 69.6 Å². The first-order chi connectivity index (χ1) is 9.89. The number of nitrogens with one attached hydrogen (secondary N) is 1. The minimum absolute atomic E-state index is 0.0615. The fraction of sp³-hybridized carbons (Fsp3) is 0.467. The molecular formula is C15H19ClN2O3. The highest BCUT2D eigenvalue weighted by molar-refractivity contribution is 6.30. The Labute approximate surface area is 128 Å². The number of hydrogen-bond donors (Lipinski definition) is 2. The fourth-order valence-corrected chi connectivity index (χ4v) is 2.54. The molecule has 0 atom stereocenters. The van der Waals surface area contributed by atoms with Crippen LogP contribution in [-0.4, -0.2) is 41.6 Å². The maximum absolute atomic E-state index is 12.1. The zero-order valence-electron chi connectivity index (χ0n) is 11.9. The van der Waals surface area contributed by atoms with E-state index in [9.17, 15) is 9.59 Å². The number of carbonyl (C=O) groups excluding carboxylic acids is 1. The summed E-state index contributed by atoms with van der Waals surface area (Å²) in [6.07, 6.45) is 0.627. The molecule has 1 saturated heterocycles. The normalized spacial score (nSPS) is 17.3. The number of hydrogen-bond acceptors (Lipinski definition) is 2. The maximum atomic E-state index is 12.1. The van der Waals surface area contributed by atoms with Gasteiger partial charge in [0, 0.05) is 30.2 Å². The molecule has 0 unspecified atom stereocenters. The van der Waals surface area contributed by atoms with Crippen LogP contribution in [0.15, 0.2) is 24.3 Å². The molecule has 2 N–H and O–H groups in total. The van der Waals surface area contributed by atoms with E-state index in [1.165, 1.54) is 4.90 Å². The van der Waals surface area contributed by atoms with Gasteiger partial charge in [-0.15, -0.1) is 0 Å². The van der Waals surface area contributed by atoms with Crippen molar-refractivity contribution < 1.29 is 14.7 Å². The van der Waals surface area contributed by atoms with Crippen molar-refractivity contribution in [1.82, 2.24) is 10.2 Å². The van der Waals surface area contributed by atoms with Crippen LogP contribution in [0, 0.1) is 5.41 Å². The minimum atomic E-state index is -0.873. The third-order valence-corrected chi connectivity index (χ3v) is 4.28. The first-order valence-corrected chi connectivity index (χ1v) is 7.29. The highest BCUT2D eigenvalue weighted by atomic mass is 35.5. The summed E-state index contributed by atoms with van der Waals surface area (Å²) in [5.41, 5.74) is 0.514. The largest absolute Gasteiger partial charge is 0.465 e. The van der Waals surface area contributed by atoms with Gasteiger partial charge < -0.3 is 15.3 Å². The number of piperidine rings is 1. The second-order valence-electron chi connectivity index (χ2n) is 5.77. The third kappa shape index (κ3) is 4.11. The zero-order valence-corrected chi connectivity index (χ0v) is 12.7. The standard InChI is InChI=1S/C15H19ClN2O3/c1-15(6-8-18(9-7-15)14(20)21)10-17-13(19)11-2-4-12(16)5-3-11/h2-5H,6-10H2,1H3,(H,17,19)(H,20,21). The molecule has 0 bridgehead atoms. The Morgan fingerprint density at radius 1 is 1.29 bits per heavy atom. The fourth-order valence-electron chi connectivity index (χ4n) is 2.41. The Morgan fingerprint density at radius 2 is 1.86 bits per heavy atom. The summed E-state index contributed by atoms with van der Waals surface area (Å²) in [6.45, 7) is 3.65. The van der Waals surface area contributed by atoms with E-state index in [1.807, 2.05) is 0 Å². The van der Waals surface area contributed by atoms with E-state index in [4.69, 9.17) is 16.7 Å². The predicted molar refractivity (Wildman–Crippen MR) is 80.7 cm³/mol. The van der Waals surface area contributed by atoms with Gasteiger partial charge in [0.25, 0.3) is 5.91 Å². The molecule has 114 valence electrons. The van der Waals surface area contributed by atoms with Gasteiger partial charge in [0.05, 0.1) is 0 Å². The third-order valence-electron chi connectivity index (χ3n) is 4.02. The van der Waals surface area contributed by atoms with Gasteiger partial charge >= 0.3 is 6.09 Å². The Morgan fingerprint density at radius 3 is 2.38 bits per heavy atom. The summed E-state index contributed by atoms with van der Waals surface area (Å²) in [7, 11) is 0. The number of benzene rings is 1. The van der Waals surface area contributed by atoms with E-state index in [1.54, 1.807) is 24.3 Å². The van der Waals surface area contributed by atoms with Crippen LogP contribution in [0.2, 0.25) is 5.02 Å². The summed E-state index contributed by atoms with van der Waals surface area (Å²) < 4.78 is 0. The molecule has 0 aromatic heterocycles. The summed E-state index contributed by atoms with van der Waals surface area (Å²) in [5, 5.41) is 12.5. The van der Waals surface area contributed by atoms with Crippen LogP contribution in [0.1, 0.15) is 30.1 Å². The molecule has 0 spiro atoms. The highest BCUT2D eigenvalue weighted by Gasteiger charge is 2.32. The predicted octanol–water partition coefficient (Wildman–Crippen LogP) is 2.85. The zero-order chi connectivity index (χ0) is 15.5. The molecule has 1 aromatic rings. The van der Waals surface area contributed by atoms with E-state index >= 15 is 0 Å². The smallest absolute Gasteiger partial charge is 0.407 e. The molecule has 0 radical (unpaired) electrons. The van der Waals surface area contributed by atoms with Gasteiger partial charge in [0.2, 0.25) is 0 Å². The molecule has 1 fully saturated rings. The Bertz CT molecular complexity index is 522. The molecule has 6 heteroatoms. The maximum Gasteiger partial charge on any atom is 0.407 e. The lowest BCUT2D eigenvalue weighted by Gasteiger charge is -2.38. The van der Waals surface area contributed by atoms with Crippen molar-refractivity contribution in [2.45, 2.75) is 19.8 Å². The summed E-state index contributed by atoms with van der Waals surface area (Å²) in [6, 6.07) is 6.74. The number of nitrogens with zero attached hydrogens (tertiary/aromatic N) is 1. The molecule has 2 amide bonds. The van der Waals surface area contributed by atoms with E-state index in [0.717, 1.165) is 12.8 Å². The molecule has 1 aromatic carbocycles. The lowest BCUT2D eigenvalue weighted by molar-refractivity contribution is 0.0833. The molecule has 21 heavy (non-hydrogen) atoms. The van der Waals surface area contributed by atoms with Gasteiger partial charge in [-0.2, -0.15) is 0 Å². The second kappa shape index (κ2) is 6.35. The molecule has 2 rings (SSSR count). The number of carboxylic acid groups (broad SMARTS) is 1. The van der Waals surface area contributed by atoms with E-state index in [2.05, 4.69) is 12.2 Å². The summed E-state index contributed by atoms with van der Waals surface area (Å²) in [5.74, 6) is -0.131. The lowest BCUT2D eigenvalue weighted by atomic mass is 9.80. The van der Waals surface area contributed by atoms with Crippen LogP contribution in [0.25, 0.3) is 0 Å². The molecule has 1 heterocycles. The monoisotopic (exact) mass is 310 g/mol. The van der Waals surface area contributed by atoms with Crippen molar-refractivity contribution in [1.29, 1.82) is 0 Å². The molecule has 1 aliphatic heterocycles. The van der Waals surface area contributed by atoms with Gasteiger partial charge in [-0.25, -0.2) is 4.79 Å². The molecule has 1 aliphatic rings. The number of likely N-dealkylation sites (tertiary alicyclic amines) is 1. The van der Waals surface area contributed by atoms with Crippen molar-refractivity contribution in [3.63, 3.8) is 0 Å². The number of amides is 2. The van der Waals surface area contributed by atoms with E-state index in [-0.39, 0.29) is 11.3 Å². The Kier molecular flexibility index (Phi) is 4.73. The average Bonchev–Trinajstić information content (AvgIpc) is 2.46. The molecule has 5 nitrogen and oxygen atoms in total. The second-order valence-corrected chi connectivity index (χ2v) is 6.21. The SMILES string of the molecule is CC1(CNC(=O)c2ccc(Cl)cc2)CCN(C(=O)O)CC1. The van der Waals surface area contributed by atoms with Crippen LogP contribution < -0.4 is 5.32 Å². The van der Waals surface area contributed by atoms with E-state index in [0.29, 0.717) is 30.2 Å². The molecule has 0 aliphatic carbocycles. The lowest BCUT2D eigenvalue weighted by Crippen LogP contribution is -2.46. The quantitative estimate of drug-likeness (QED) is 0.902. The van der Waals surface area contributed by atoms with Crippen LogP contribution in [0.5, 0.6) is 0 Å². The van der Waals surface area contributed by atoms with Gasteiger partial charge in [0.15, 0.2) is 0 Å². The van der Waals surface area contributed by atoms with Crippen molar-refractivity contribution in [2.75, 3.05) is 19.6 Å². The van der Waals surface area contributed by atoms with E-state index < -0.39 is 6.09 Å². The number of halogens is 1. The van der Waals surface area contributed by atoms with Crippen LogP contribution in [-0.2, 0) is 0 Å². The molecule has 0 saturated carbocycles. The van der Waals surface area contributed by atoms with Gasteiger partial charge in [-0.05, 0) is 42.5 Å². The van der Waals surface area contributed by atoms with Crippen molar-refractivity contribution in [2.24, 2.45) is 5.41 Å². The van der Waals surface area contributed by atoms with Crippen molar-refractivity contribution in [3.8, 4) is 0 Å². The van der Waals surface area contributed by atoms with Gasteiger partial charge in [-0.1, -0.05) is 18.5 Å². The first-order valence-electron chi connectivity index (χ1n) is 6.91. The van der Waals surface area contributed by atoms with Crippen LogP contribution in [0.4, 0.5) is 4.79 Å². The first kappa shape index (κ1) is 15.6. The number of rotatable bonds is 3. The average molecular weight is 311 g/mol. The van der Waals surface area contributed by atoms with Gasteiger partial charge in [0.1, 0.15) is 0 Å².